The Morgan fingerprint density at radius 3 is 3.08 bits per heavy atom. The Hall–Kier alpha value is -1.31. The molecule has 0 spiro atoms. The van der Waals surface area contributed by atoms with Crippen LogP contribution in [-0.2, 0) is 0 Å². The van der Waals surface area contributed by atoms with E-state index in [4.69, 9.17) is 0 Å². The minimum absolute atomic E-state index is 0.227. The Kier molecular flexibility index (Phi) is 3.33. The zero-order valence-corrected chi connectivity index (χ0v) is 7.10. The molecule has 12 heavy (non-hydrogen) atoms. The van der Waals surface area contributed by atoms with Crippen molar-refractivity contribution in [1.29, 1.82) is 0 Å². The maximum Gasteiger partial charge on any atom is 0.0957 e. The standard InChI is InChI=1S/C10H12NO/c1-9(8-11-12)7-10-5-3-2-4-6-10/h2-7,9H,8H2,1H3/q+1. The van der Waals surface area contributed by atoms with Crippen LogP contribution in [0.5, 0.6) is 0 Å². The van der Waals surface area contributed by atoms with Crippen molar-refractivity contribution in [3.8, 4) is 0 Å². The van der Waals surface area contributed by atoms with Gasteiger partial charge in [-0.25, -0.2) is 0 Å². The van der Waals surface area contributed by atoms with Gasteiger partial charge in [-0.1, -0.05) is 5.18 Å². The molecule has 0 saturated heterocycles. The number of hydrogen-bond donors (Lipinski definition) is 0. The highest BCUT2D eigenvalue weighted by molar-refractivity contribution is 5.38. The van der Waals surface area contributed by atoms with Crippen LogP contribution in [0.1, 0.15) is 6.92 Å². The fraction of sp³-hybridized carbons (Fsp3) is 0.300. The van der Waals surface area contributed by atoms with Crippen molar-refractivity contribution >= 4 is 0 Å². The highest BCUT2D eigenvalue weighted by Gasteiger charge is 2.06. The van der Waals surface area contributed by atoms with E-state index in [1.165, 1.54) is 0 Å². The topological polar surface area (TPSA) is 29.4 Å². The Labute approximate surface area is 72.6 Å². The van der Waals surface area contributed by atoms with Crippen LogP contribution in [0.15, 0.2) is 41.1 Å². The number of nitrogens with zero attached hydrogens (tertiary/aromatic N) is 1. The van der Waals surface area contributed by atoms with Gasteiger partial charge in [0.05, 0.1) is 12.1 Å². The van der Waals surface area contributed by atoms with Crippen LogP contribution in [0.25, 0.3) is 0 Å². The first kappa shape index (κ1) is 8.78. The van der Waals surface area contributed by atoms with Gasteiger partial charge < -0.3 is 0 Å². The summed E-state index contributed by atoms with van der Waals surface area (Å²) in [5.41, 5.74) is 1.15. The van der Waals surface area contributed by atoms with Gasteiger partial charge in [-0.05, 0) is 6.92 Å². The lowest BCUT2D eigenvalue weighted by molar-refractivity contribution is 0.734. The van der Waals surface area contributed by atoms with E-state index in [9.17, 15) is 4.91 Å². The summed E-state index contributed by atoms with van der Waals surface area (Å²) in [7, 11) is 0. The SMILES string of the molecule is CC(/C=C1/C=CC=C[CH+]1)CN=O. The molecule has 1 rings (SSSR count). The molecular formula is C10H12NO+. The highest BCUT2D eigenvalue weighted by atomic mass is 16.3. The molecule has 1 unspecified atom stereocenters. The molecule has 2 nitrogen and oxygen atoms in total. The van der Waals surface area contributed by atoms with Gasteiger partial charge in [-0.2, -0.15) is 4.91 Å². The van der Waals surface area contributed by atoms with Gasteiger partial charge in [0.15, 0.2) is 0 Å². The molecule has 0 aliphatic heterocycles. The predicted molar refractivity (Wildman–Crippen MR) is 50.5 cm³/mol. The summed E-state index contributed by atoms with van der Waals surface area (Å²) in [5, 5.41) is 2.85. The van der Waals surface area contributed by atoms with Crippen molar-refractivity contribution in [2.75, 3.05) is 6.54 Å². The van der Waals surface area contributed by atoms with Crippen LogP contribution in [0.3, 0.4) is 0 Å². The van der Waals surface area contributed by atoms with Crippen LogP contribution in [-0.4, -0.2) is 6.54 Å². The first-order valence-electron chi connectivity index (χ1n) is 4.02. The van der Waals surface area contributed by atoms with Gasteiger partial charge in [0.25, 0.3) is 0 Å². The quantitative estimate of drug-likeness (QED) is 0.463. The first-order valence-corrected chi connectivity index (χ1v) is 4.02. The largest absolute Gasteiger partial charge is 0.151 e. The third kappa shape index (κ3) is 2.74. The van der Waals surface area contributed by atoms with Crippen molar-refractivity contribution in [2.24, 2.45) is 11.1 Å². The van der Waals surface area contributed by atoms with Crippen molar-refractivity contribution < 1.29 is 0 Å². The Morgan fingerprint density at radius 1 is 1.67 bits per heavy atom. The van der Waals surface area contributed by atoms with Crippen LogP contribution in [0.2, 0.25) is 0 Å². The summed E-state index contributed by atoms with van der Waals surface area (Å²) >= 11 is 0. The summed E-state index contributed by atoms with van der Waals surface area (Å²) in [6.45, 7) is 2.34. The normalized spacial score (nSPS) is 20.6. The summed E-state index contributed by atoms with van der Waals surface area (Å²) in [4.78, 5) is 9.94. The van der Waals surface area contributed by atoms with Crippen LogP contribution in [0, 0.1) is 17.2 Å². The minimum atomic E-state index is 0.227. The summed E-state index contributed by atoms with van der Waals surface area (Å²) < 4.78 is 0. The molecule has 0 saturated carbocycles. The van der Waals surface area contributed by atoms with E-state index in [2.05, 4.69) is 5.18 Å². The van der Waals surface area contributed by atoms with E-state index in [1.54, 1.807) is 0 Å². The zero-order valence-electron chi connectivity index (χ0n) is 7.10. The lowest BCUT2D eigenvalue weighted by Gasteiger charge is -1.98. The molecule has 1 atom stereocenters. The lowest BCUT2D eigenvalue weighted by Crippen LogP contribution is -1.96. The summed E-state index contributed by atoms with van der Waals surface area (Å²) in [5.74, 6) is 0.227. The molecule has 1 aliphatic rings. The molecule has 0 aromatic heterocycles. The number of hydrogen-bond acceptors (Lipinski definition) is 2. The molecule has 0 N–H and O–H groups in total. The van der Waals surface area contributed by atoms with Gasteiger partial charge >= 0.3 is 0 Å². The third-order valence-corrected chi connectivity index (χ3v) is 1.64. The van der Waals surface area contributed by atoms with E-state index < -0.39 is 0 Å². The molecule has 62 valence electrons. The van der Waals surface area contributed by atoms with Gasteiger partial charge in [-0.15, -0.1) is 0 Å². The monoisotopic (exact) mass is 162 g/mol. The smallest absolute Gasteiger partial charge is 0.0957 e. The summed E-state index contributed by atoms with van der Waals surface area (Å²) in [6.07, 6.45) is 12.0. The molecular weight excluding hydrogens is 150 g/mol. The average molecular weight is 162 g/mol. The van der Waals surface area contributed by atoms with Crippen molar-refractivity contribution in [1.82, 2.24) is 0 Å². The van der Waals surface area contributed by atoms with Crippen LogP contribution < -0.4 is 0 Å². The molecule has 1 aliphatic carbocycles. The van der Waals surface area contributed by atoms with E-state index >= 15 is 0 Å². The van der Waals surface area contributed by atoms with E-state index in [-0.39, 0.29) is 5.92 Å². The van der Waals surface area contributed by atoms with Crippen LogP contribution in [0.4, 0.5) is 0 Å². The first-order chi connectivity index (χ1) is 5.83. The minimum Gasteiger partial charge on any atom is -0.151 e. The van der Waals surface area contributed by atoms with Gasteiger partial charge in [0, 0.05) is 42.7 Å². The second-order valence-electron chi connectivity index (χ2n) is 2.87. The van der Waals surface area contributed by atoms with E-state index in [0.717, 1.165) is 5.57 Å². The second-order valence-corrected chi connectivity index (χ2v) is 2.87. The second kappa shape index (κ2) is 4.54. The predicted octanol–water partition coefficient (Wildman–Crippen LogP) is 2.65. The maximum absolute atomic E-state index is 9.94. The van der Waals surface area contributed by atoms with Gasteiger partial charge in [0.2, 0.25) is 0 Å². The molecule has 0 heterocycles. The zero-order chi connectivity index (χ0) is 8.81. The Balaban J connectivity index is 2.50. The van der Waals surface area contributed by atoms with Crippen molar-refractivity contribution in [3.05, 3.63) is 47.3 Å². The molecule has 0 aromatic rings. The number of nitroso groups, excluding NO2 is 1. The lowest BCUT2D eigenvalue weighted by atomic mass is 10.0. The molecule has 0 bridgehead atoms. The molecule has 0 aromatic carbocycles. The van der Waals surface area contributed by atoms with Crippen LogP contribution >= 0.6 is 0 Å². The molecule has 0 amide bonds. The van der Waals surface area contributed by atoms with Crippen molar-refractivity contribution in [2.45, 2.75) is 6.92 Å². The number of rotatable bonds is 3. The molecule has 0 fully saturated rings. The fourth-order valence-corrected chi connectivity index (χ4v) is 1.06. The van der Waals surface area contributed by atoms with Crippen molar-refractivity contribution in [3.63, 3.8) is 0 Å². The fourth-order valence-electron chi connectivity index (χ4n) is 1.06. The maximum atomic E-state index is 9.94. The Bertz CT molecular complexity index is 238. The average Bonchev–Trinajstić information content (AvgIpc) is 2.06. The van der Waals surface area contributed by atoms with Gasteiger partial charge in [-0.3, -0.25) is 0 Å². The molecule has 2 heteroatoms. The van der Waals surface area contributed by atoms with Gasteiger partial charge in [0.1, 0.15) is 0 Å². The summed E-state index contributed by atoms with van der Waals surface area (Å²) in [6, 6.07) is 0. The third-order valence-electron chi connectivity index (χ3n) is 1.64. The number of allylic oxidation sites excluding steroid dienone is 5. The molecule has 0 radical (unpaired) electrons. The Morgan fingerprint density at radius 2 is 2.50 bits per heavy atom. The van der Waals surface area contributed by atoms with E-state index in [0.29, 0.717) is 6.54 Å². The highest BCUT2D eigenvalue weighted by Crippen LogP contribution is 2.12. The van der Waals surface area contributed by atoms with E-state index in [1.807, 2.05) is 43.7 Å².